The predicted octanol–water partition coefficient (Wildman–Crippen LogP) is 5.73. The summed E-state index contributed by atoms with van der Waals surface area (Å²) < 4.78 is 39.0. The highest BCUT2D eigenvalue weighted by Crippen LogP contribution is 2.34. The predicted molar refractivity (Wildman–Crippen MR) is 128 cm³/mol. The lowest BCUT2D eigenvalue weighted by atomic mass is 10.0. The van der Waals surface area contributed by atoms with Crippen LogP contribution in [0, 0.1) is 6.92 Å². The molecular weight excluding hydrogens is 469 g/mol. The van der Waals surface area contributed by atoms with Gasteiger partial charge in [-0.2, -0.15) is 18.2 Å². The van der Waals surface area contributed by atoms with E-state index in [4.69, 9.17) is 11.6 Å². The molecular formula is C23H20ClF3N6O. The fourth-order valence-electron chi connectivity index (χ4n) is 3.09. The Morgan fingerprint density at radius 3 is 2.56 bits per heavy atom. The highest BCUT2D eigenvalue weighted by Gasteiger charge is 2.33. The van der Waals surface area contributed by atoms with Crippen LogP contribution in [0.2, 0.25) is 5.15 Å². The quantitative estimate of drug-likeness (QED) is 0.200. The number of nitrogens with zero attached hydrogens (tertiary/aromatic N) is 4. The third-order valence-corrected chi connectivity index (χ3v) is 5.15. The molecule has 0 radical (unpaired) electrons. The summed E-state index contributed by atoms with van der Waals surface area (Å²) in [5, 5.41) is 6.29. The molecule has 7 nitrogen and oxygen atoms in total. The molecule has 2 aromatic heterocycles. The first kappa shape index (κ1) is 24.8. The third kappa shape index (κ3) is 5.40. The maximum absolute atomic E-state index is 13.0. The number of pyridine rings is 1. The van der Waals surface area contributed by atoms with Gasteiger partial charge in [0.1, 0.15) is 10.9 Å². The van der Waals surface area contributed by atoms with Crippen LogP contribution in [0.25, 0.3) is 22.2 Å². The number of alkyl halides is 3. The summed E-state index contributed by atoms with van der Waals surface area (Å²) in [5.74, 6) is -0.336. The van der Waals surface area contributed by atoms with Crippen molar-refractivity contribution >= 4 is 46.9 Å². The number of halogens is 4. The van der Waals surface area contributed by atoms with E-state index in [-0.39, 0.29) is 10.7 Å². The van der Waals surface area contributed by atoms with Crippen molar-refractivity contribution in [1.29, 1.82) is 0 Å². The third-order valence-electron chi connectivity index (χ3n) is 4.86. The molecule has 2 heterocycles. The number of aryl methyl sites for hydroxylation is 1. The second-order valence-corrected chi connectivity index (χ2v) is 7.45. The largest absolute Gasteiger partial charge is 0.433 e. The van der Waals surface area contributed by atoms with Crippen LogP contribution in [-0.2, 0) is 4.79 Å². The summed E-state index contributed by atoms with van der Waals surface area (Å²) in [6.45, 7) is 6.23. The summed E-state index contributed by atoms with van der Waals surface area (Å²) in [4.78, 5) is 28.4. The Morgan fingerprint density at radius 1 is 1.21 bits per heavy atom. The standard InChI is InChI=1S/C23H20ClF3N6O/c1-5-13(9-18(28-3)23(25,26)27)21(34)31-15-7-6-12(2)16(10-15)17-8-14-11-30-22(29-4)33-20(14)32-19(17)24/h5-11H,3H2,1-2,4H3,(H,31,34)(H,29,30,32,33)/b13-5+,18-9-. The Labute approximate surface area is 198 Å². The number of carbonyl (C=O) groups is 1. The molecule has 0 saturated heterocycles. The van der Waals surface area contributed by atoms with Crippen LogP contribution in [0.1, 0.15) is 12.5 Å². The summed E-state index contributed by atoms with van der Waals surface area (Å²) in [7, 11) is 1.69. The van der Waals surface area contributed by atoms with Crippen molar-refractivity contribution < 1.29 is 18.0 Å². The average Bonchev–Trinajstić information content (AvgIpc) is 2.79. The van der Waals surface area contributed by atoms with E-state index in [9.17, 15) is 18.0 Å². The van der Waals surface area contributed by atoms with Gasteiger partial charge in [-0.05, 0) is 56.0 Å². The van der Waals surface area contributed by atoms with Crippen LogP contribution in [0.3, 0.4) is 0 Å². The summed E-state index contributed by atoms with van der Waals surface area (Å²) in [6, 6.07) is 6.83. The van der Waals surface area contributed by atoms with Crippen molar-refractivity contribution in [3.05, 3.63) is 64.6 Å². The molecule has 0 unspecified atom stereocenters. The van der Waals surface area contributed by atoms with Gasteiger partial charge in [0.05, 0.1) is 0 Å². The van der Waals surface area contributed by atoms with Gasteiger partial charge in [0.15, 0.2) is 5.65 Å². The Hall–Kier alpha value is -3.79. The number of hydrogen-bond donors (Lipinski definition) is 2. The van der Waals surface area contributed by atoms with E-state index in [1.807, 2.05) is 6.92 Å². The van der Waals surface area contributed by atoms with Gasteiger partial charge in [0.25, 0.3) is 5.91 Å². The Morgan fingerprint density at radius 2 is 1.94 bits per heavy atom. The number of aliphatic imine (C=N–C) groups is 1. The molecule has 0 saturated carbocycles. The van der Waals surface area contributed by atoms with Crippen molar-refractivity contribution in [3.63, 3.8) is 0 Å². The van der Waals surface area contributed by atoms with Gasteiger partial charge in [-0.3, -0.25) is 9.79 Å². The number of fused-ring (bicyclic) bond motifs is 1. The van der Waals surface area contributed by atoms with Crippen molar-refractivity contribution in [1.82, 2.24) is 15.0 Å². The van der Waals surface area contributed by atoms with Gasteiger partial charge in [-0.25, -0.2) is 9.97 Å². The first-order chi connectivity index (χ1) is 16.1. The fraction of sp³-hybridized carbons (Fsp3) is 0.174. The zero-order chi connectivity index (χ0) is 25.0. The van der Waals surface area contributed by atoms with Gasteiger partial charge in [-0.1, -0.05) is 23.7 Å². The lowest BCUT2D eigenvalue weighted by Crippen LogP contribution is -2.16. The van der Waals surface area contributed by atoms with E-state index in [2.05, 4.69) is 37.3 Å². The van der Waals surface area contributed by atoms with Crippen molar-refractivity contribution in [2.75, 3.05) is 17.7 Å². The molecule has 1 aromatic carbocycles. The minimum absolute atomic E-state index is 0.198. The van der Waals surface area contributed by atoms with Crippen molar-refractivity contribution in [2.24, 2.45) is 4.99 Å². The smallest absolute Gasteiger partial charge is 0.357 e. The van der Waals surface area contributed by atoms with Gasteiger partial charge in [0.2, 0.25) is 5.95 Å². The summed E-state index contributed by atoms with van der Waals surface area (Å²) >= 11 is 6.43. The van der Waals surface area contributed by atoms with Crippen LogP contribution in [-0.4, -0.2) is 40.8 Å². The normalized spacial score (nSPS) is 12.6. The fourth-order valence-corrected chi connectivity index (χ4v) is 3.33. The van der Waals surface area contributed by atoms with Crippen LogP contribution < -0.4 is 10.6 Å². The highest BCUT2D eigenvalue weighted by atomic mass is 35.5. The lowest BCUT2D eigenvalue weighted by molar-refractivity contribution is -0.112. The van der Waals surface area contributed by atoms with E-state index in [1.54, 1.807) is 37.5 Å². The number of carbonyl (C=O) groups excluding carboxylic acids is 1. The highest BCUT2D eigenvalue weighted by molar-refractivity contribution is 6.32. The number of allylic oxidation sites excluding steroid dienone is 2. The van der Waals surface area contributed by atoms with E-state index >= 15 is 0 Å². The van der Waals surface area contributed by atoms with Crippen LogP contribution in [0.5, 0.6) is 0 Å². The topological polar surface area (TPSA) is 92.2 Å². The van der Waals surface area contributed by atoms with Crippen molar-refractivity contribution in [3.8, 4) is 11.1 Å². The first-order valence-electron chi connectivity index (χ1n) is 9.92. The molecule has 0 bridgehead atoms. The molecule has 0 atom stereocenters. The first-order valence-corrected chi connectivity index (χ1v) is 10.3. The minimum atomic E-state index is -4.73. The molecule has 34 heavy (non-hydrogen) atoms. The van der Waals surface area contributed by atoms with Gasteiger partial charge in [0, 0.05) is 35.5 Å². The van der Waals surface area contributed by atoms with Crippen LogP contribution >= 0.6 is 11.6 Å². The number of benzene rings is 1. The molecule has 2 N–H and O–H groups in total. The molecule has 0 aliphatic heterocycles. The van der Waals surface area contributed by atoms with Gasteiger partial charge < -0.3 is 10.6 Å². The number of rotatable bonds is 6. The van der Waals surface area contributed by atoms with Gasteiger partial charge in [-0.15, -0.1) is 0 Å². The number of hydrogen-bond acceptors (Lipinski definition) is 6. The molecule has 0 fully saturated rings. The zero-order valence-corrected chi connectivity index (χ0v) is 19.2. The van der Waals surface area contributed by atoms with E-state index in [1.165, 1.54) is 13.0 Å². The van der Waals surface area contributed by atoms with Crippen LogP contribution in [0.15, 0.2) is 58.9 Å². The zero-order valence-electron chi connectivity index (χ0n) is 18.5. The number of aromatic nitrogens is 3. The molecule has 3 aromatic rings. The number of nitrogens with one attached hydrogen (secondary N) is 2. The average molecular weight is 489 g/mol. The van der Waals surface area contributed by atoms with Crippen LogP contribution in [0.4, 0.5) is 24.8 Å². The molecule has 176 valence electrons. The van der Waals surface area contributed by atoms with Crippen molar-refractivity contribution in [2.45, 2.75) is 20.0 Å². The number of anilines is 2. The maximum atomic E-state index is 13.0. The minimum Gasteiger partial charge on any atom is -0.357 e. The monoisotopic (exact) mass is 488 g/mol. The van der Waals surface area contributed by atoms with E-state index < -0.39 is 17.8 Å². The maximum Gasteiger partial charge on any atom is 0.433 e. The molecule has 3 rings (SSSR count). The molecule has 1 amide bonds. The molecule has 0 aliphatic rings. The Balaban J connectivity index is 1.97. The Kier molecular flexibility index (Phi) is 7.31. The molecule has 0 aliphatic carbocycles. The lowest BCUT2D eigenvalue weighted by Gasteiger charge is -2.13. The second-order valence-electron chi connectivity index (χ2n) is 7.10. The van der Waals surface area contributed by atoms with E-state index in [0.29, 0.717) is 39.9 Å². The SMILES string of the molecule is C=N/C(=C\C(=C/C)C(=O)Nc1ccc(C)c(-c2cc3cnc(NC)nc3nc2Cl)c1)C(F)(F)F. The summed E-state index contributed by atoms with van der Waals surface area (Å²) in [6.07, 6.45) is -1.23. The second kappa shape index (κ2) is 10.0. The van der Waals surface area contributed by atoms with E-state index in [0.717, 1.165) is 5.56 Å². The summed E-state index contributed by atoms with van der Waals surface area (Å²) in [5.41, 5.74) is 1.39. The molecule has 11 heteroatoms. The number of amides is 1. The van der Waals surface area contributed by atoms with Gasteiger partial charge >= 0.3 is 6.18 Å². The molecule has 0 spiro atoms. The Bertz CT molecular complexity index is 1330.